The Labute approximate surface area is 124 Å². The van der Waals surface area contributed by atoms with Crippen LogP contribution in [-0.4, -0.2) is 65.6 Å². The predicted octanol–water partition coefficient (Wildman–Crippen LogP) is -1.55. The number of tetrazole rings is 2. The van der Waals surface area contributed by atoms with Gasteiger partial charge in [0, 0.05) is 0 Å². The summed E-state index contributed by atoms with van der Waals surface area (Å²) in [5, 5.41) is 22.6. The zero-order valence-corrected chi connectivity index (χ0v) is 12.0. The van der Waals surface area contributed by atoms with Crippen molar-refractivity contribution in [3.63, 3.8) is 0 Å². The first kappa shape index (κ1) is 15.5. The van der Waals surface area contributed by atoms with Gasteiger partial charge in [-0.15, -0.1) is 20.4 Å². The van der Waals surface area contributed by atoms with Crippen LogP contribution in [0.2, 0.25) is 0 Å². The Balaban J connectivity index is 2.00. The average Bonchev–Trinajstić information content (AvgIpc) is 3.08. The zero-order chi connectivity index (χ0) is 15.9. The zero-order valence-electron chi connectivity index (χ0n) is 12.0. The summed E-state index contributed by atoms with van der Waals surface area (Å²) in [6, 6.07) is 0. The largest absolute Gasteiger partial charge is 0.465 e. The molecule has 0 radical (unpaired) electrons. The Morgan fingerprint density at radius 3 is 1.64 bits per heavy atom. The lowest BCUT2D eigenvalue weighted by Crippen LogP contribution is -2.16. The molecule has 0 aliphatic rings. The molecule has 0 unspecified atom stereocenters. The molecule has 2 rings (SSSR count). The van der Waals surface area contributed by atoms with E-state index in [2.05, 4.69) is 30.8 Å². The minimum absolute atomic E-state index is 0.0828. The van der Waals surface area contributed by atoms with Crippen LogP contribution in [0.15, 0.2) is 0 Å². The van der Waals surface area contributed by atoms with Crippen molar-refractivity contribution in [2.75, 3.05) is 13.2 Å². The highest BCUT2D eigenvalue weighted by molar-refractivity contribution is 5.69. The summed E-state index contributed by atoms with van der Waals surface area (Å²) >= 11 is 0. The Morgan fingerprint density at radius 1 is 0.864 bits per heavy atom. The van der Waals surface area contributed by atoms with E-state index in [1.54, 1.807) is 13.8 Å². The summed E-state index contributed by atoms with van der Waals surface area (Å²) in [6.45, 7) is 3.59. The van der Waals surface area contributed by atoms with Crippen LogP contribution >= 0.6 is 0 Å². The topological polar surface area (TPSA) is 140 Å². The standard InChI is InChI=1S/C10H14N8O4/c1-3-21-7(19)5-17-13-9(11-15-17)10-12-16-18(14-10)6-8(20)22-4-2/h3-6H2,1-2H3. The number of rotatable bonds is 7. The van der Waals surface area contributed by atoms with Crippen LogP contribution in [0.25, 0.3) is 11.6 Å². The minimum Gasteiger partial charge on any atom is -0.465 e. The van der Waals surface area contributed by atoms with Gasteiger partial charge in [0.15, 0.2) is 13.1 Å². The molecule has 0 atom stereocenters. The van der Waals surface area contributed by atoms with E-state index in [4.69, 9.17) is 9.47 Å². The normalized spacial score (nSPS) is 10.5. The second-order valence-electron chi connectivity index (χ2n) is 3.90. The van der Waals surface area contributed by atoms with Gasteiger partial charge in [0.05, 0.1) is 13.2 Å². The maximum absolute atomic E-state index is 11.3. The lowest BCUT2D eigenvalue weighted by molar-refractivity contribution is -0.145. The second-order valence-corrected chi connectivity index (χ2v) is 3.90. The van der Waals surface area contributed by atoms with Crippen LogP contribution in [-0.2, 0) is 32.2 Å². The number of hydrogen-bond donors (Lipinski definition) is 0. The van der Waals surface area contributed by atoms with E-state index in [9.17, 15) is 9.59 Å². The number of carbonyl (C=O) groups excluding carboxylic acids is 2. The van der Waals surface area contributed by atoms with Crippen molar-refractivity contribution < 1.29 is 19.1 Å². The molecule has 0 fully saturated rings. The molecule has 0 spiro atoms. The first-order valence-electron chi connectivity index (χ1n) is 6.49. The van der Waals surface area contributed by atoms with Crippen molar-refractivity contribution in [2.45, 2.75) is 26.9 Å². The molecule has 0 amide bonds. The van der Waals surface area contributed by atoms with Gasteiger partial charge < -0.3 is 9.47 Å². The molecule has 22 heavy (non-hydrogen) atoms. The Hall–Kier alpha value is -2.92. The number of hydrogen-bond acceptors (Lipinski definition) is 10. The summed E-state index contributed by atoms with van der Waals surface area (Å²) in [6.07, 6.45) is 0. The first-order valence-corrected chi connectivity index (χ1v) is 6.49. The Kier molecular flexibility index (Phi) is 5.06. The molecular weight excluding hydrogens is 296 g/mol. The lowest BCUT2D eigenvalue weighted by atomic mass is 10.6. The molecule has 2 heterocycles. The van der Waals surface area contributed by atoms with Crippen molar-refractivity contribution in [3.05, 3.63) is 0 Å². The van der Waals surface area contributed by atoms with Gasteiger partial charge >= 0.3 is 11.9 Å². The van der Waals surface area contributed by atoms with Crippen molar-refractivity contribution in [1.29, 1.82) is 0 Å². The highest BCUT2D eigenvalue weighted by Crippen LogP contribution is 2.04. The van der Waals surface area contributed by atoms with E-state index >= 15 is 0 Å². The third-order valence-electron chi connectivity index (χ3n) is 2.26. The van der Waals surface area contributed by atoms with Crippen LogP contribution in [0.4, 0.5) is 0 Å². The smallest absolute Gasteiger partial charge is 0.329 e. The van der Waals surface area contributed by atoms with Gasteiger partial charge in [-0.05, 0) is 24.3 Å². The quantitative estimate of drug-likeness (QED) is 0.552. The molecule has 2 aromatic rings. The maximum atomic E-state index is 11.3. The molecule has 12 nitrogen and oxygen atoms in total. The van der Waals surface area contributed by atoms with Crippen LogP contribution in [0.5, 0.6) is 0 Å². The van der Waals surface area contributed by atoms with E-state index in [0.717, 1.165) is 9.59 Å². The van der Waals surface area contributed by atoms with E-state index in [1.165, 1.54) is 0 Å². The SMILES string of the molecule is CCOC(=O)Cn1nnc(-c2nnn(CC(=O)OCC)n2)n1. The summed E-state index contributed by atoms with van der Waals surface area (Å²) in [5.41, 5.74) is 0. The fraction of sp³-hybridized carbons (Fsp3) is 0.600. The number of aromatic nitrogens is 8. The van der Waals surface area contributed by atoms with Crippen LogP contribution in [0.3, 0.4) is 0 Å². The van der Waals surface area contributed by atoms with Crippen molar-refractivity contribution in [3.8, 4) is 11.6 Å². The molecule has 0 aromatic carbocycles. The molecule has 0 saturated heterocycles. The third-order valence-corrected chi connectivity index (χ3v) is 2.26. The van der Waals surface area contributed by atoms with E-state index < -0.39 is 11.9 Å². The average molecular weight is 310 g/mol. The monoisotopic (exact) mass is 310 g/mol. The van der Waals surface area contributed by atoms with E-state index in [1.807, 2.05) is 0 Å². The van der Waals surface area contributed by atoms with Gasteiger partial charge in [0.25, 0.3) is 0 Å². The fourth-order valence-corrected chi connectivity index (χ4v) is 1.44. The Bertz CT molecular complexity index is 595. The van der Waals surface area contributed by atoms with Gasteiger partial charge in [0.2, 0.25) is 11.6 Å². The minimum atomic E-state index is -0.481. The molecule has 2 aromatic heterocycles. The highest BCUT2D eigenvalue weighted by atomic mass is 16.5. The predicted molar refractivity (Wildman–Crippen MR) is 67.9 cm³/mol. The molecule has 0 saturated carbocycles. The van der Waals surface area contributed by atoms with Crippen LogP contribution < -0.4 is 0 Å². The fourth-order valence-electron chi connectivity index (χ4n) is 1.44. The second kappa shape index (κ2) is 7.19. The molecular formula is C10H14N8O4. The summed E-state index contributed by atoms with van der Waals surface area (Å²) < 4.78 is 9.53. The summed E-state index contributed by atoms with van der Waals surface area (Å²) in [7, 11) is 0. The molecule has 12 heteroatoms. The van der Waals surface area contributed by atoms with E-state index in [-0.39, 0.29) is 38.0 Å². The first-order chi connectivity index (χ1) is 10.6. The number of carbonyl (C=O) groups is 2. The van der Waals surface area contributed by atoms with Gasteiger partial charge in [0.1, 0.15) is 0 Å². The molecule has 0 N–H and O–H groups in total. The summed E-state index contributed by atoms with van der Waals surface area (Å²) in [5.74, 6) is -0.797. The third kappa shape index (κ3) is 4.04. The maximum Gasteiger partial charge on any atom is 0.329 e. The molecule has 118 valence electrons. The lowest BCUT2D eigenvalue weighted by Gasteiger charge is -1.98. The Morgan fingerprint density at radius 2 is 1.27 bits per heavy atom. The molecule has 0 aliphatic carbocycles. The van der Waals surface area contributed by atoms with Gasteiger partial charge in [-0.3, -0.25) is 0 Å². The summed E-state index contributed by atoms with van der Waals surface area (Å²) in [4.78, 5) is 24.7. The number of esters is 2. The number of nitrogens with zero attached hydrogens (tertiary/aromatic N) is 8. The molecule has 0 bridgehead atoms. The van der Waals surface area contributed by atoms with Gasteiger partial charge in [-0.2, -0.15) is 9.59 Å². The van der Waals surface area contributed by atoms with Gasteiger partial charge in [-0.25, -0.2) is 9.59 Å². The van der Waals surface area contributed by atoms with E-state index in [0.29, 0.717) is 0 Å². The number of ether oxygens (including phenoxy) is 2. The van der Waals surface area contributed by atoms with Gasteiger partial charge in [-0.1, -0.05) is 0 Å². The van der Waals surface area contributed by atoms with Crippen LogP contribution in [0.1, 0.15) is 13.8 Å². The van der Waals surface area contributed by atoms with Crippen LogP contribution in [0, 0.1) is 0 Å². The van der Waals surface area contributed by atoms with Crippen molar-refractivity contribution in [2.24, 2.45) is 0 Å². The van der Waals surface area contributed by atoms with Crippen molar-refractivity contribution >= 4 is 11.9 Å². The molecule has 0 aliphatic heterocycles. The highest BCUT2D eigenvalue weighted by Gasteiger charge is 2.15. The van der Waals surface area contributed by atoms with Crippen molar-refractivity contribution in [1.82, 2.24) is 40.4 Å².